The Balaban J connectivity index is 1.49. The first-order chi connectivity index (χ1) is 16.0. The maximum atomic E-state index is 13.1. The summed E-state index contributed by atoms with van der Waals surface area (Å²) in [6.45, 7) is 2.19. The van der Waals surface area contributed by atoms with Crippen LogP contribution < -0.4 is 15.8 Å². The number of nitrogens with two attached hydrogens (primary N) is 1. The molecule has 0 fully saturated rings. The van der Waals surface area contributed by atoms with Gasteiger partial charge in [-0.3, -0.25) is 4.79 Å². The third-order valence-electron chi connectivity index (χ3n) is 4.79. The number of ether oxygens (including phenoxy) is 2. The van der Waals surface area contributed by atoms with E-state index >= 15 is 0 Å². The van der Waals surface area contributed by atoms with Crippen LogP contribution in [0.15, 0.2) is 60.1 Å². The summed E-state index contributed by atoms with van der Waals surface area (Å²) < 4.78 is 24.8. The number of nitrogens with one attached hydrogen (secondary N) is 1. The molecule has 9 heteroatoms. The molecule has 7 nitrogen and oxygen atoms in total. The van der Waals surface area contributed by atoms with E-state index in [1.165, 1.54) is 41.8 Å². The van der Waals surface area contributed by atoms with E-state index in [4.69, 9.17) is 15.2 Å². The second kappa shape index (κ2) is 9.66. The number of carbonyl (C=O) groups is 2. The highest BCUT2D eigenvalue weighted by Crippen LogP contribution is 2.33. The fourth-order valence-electron chi connectivity index (χ4n) is 3.22. The normalized spacial score (nSPS) is 10.7. The van der Waals surface area contributed by atoms with Crippen LogP contribution in [0, 0.1) is 5.82 Å². The Labute approximate surface area is 193 Å². The second-order valence-corrected chi connectivity index (χ2v) is 7.90. The van der Waals surface area contributed by atoms with Crippen LogP contribution in [0.3, 0.4) is 0 Å². The number of carbonyl (C=O) groups excluding carboxylic acids is 2. The Morgan fingerprint density at radius 2 is 1.97 bits per heavy atom. The van der Waals surface area contributed by atoms with Crippen LogP contribution in [0.5, 0.6) is 5.75 Å². The van der Waals surface area contributed by atoms with E-state index in [2.05, 4.69) is 10.3 Å². The van der Waals surface area contributed by atoms with Crippen molar-refractivity contribution in [2.75, 3.05) is 17.7 Å². The molecule has 0 bridgehead atoms. The van der Waals surface area contributed by atoms with Gasteiger partial charge >= 0.3 is 5.97 Å². The van der Waals surface area contributed by atoms with Crippen LogP contribution in [0.25, 0.3) is 10.1 Å². The van der Waals surface area contributed by atoms with Crippen molar-refractivity contribution in [1.82, 2.24) is 4.98 Å². The molecule has 3 N–H and O–H groups in total. The average Bonchev–Trinajstić information content (AvgIpc) is 3.23. The van der Waals surface area contributed by atoms with Gasteiger partial charge in [0.25, 0.3) is 5.91 Å². The number of rotatable bonds is 7. The molecule has 0 atom stereocenters. The number of halogens is 1. The van der Waals surface area contributed by atoms with Crippen molar-refractivity contribution in [3.8, 4) is 5.75 Å². The number of benzene rings is 2. The molecular weight excluding hydrogens is 445 g/mol. The monoisotopic (exact) mass is 465 g/mol. The number of aromatic nitrogens is 1. The number of thiophene rings is 1. The van der Waals surface area contributed by atoms with Gasteiger partial charge in [0, 0.05) is 34.5 Å². The van der Waals surface area contributed by atoms with Crippen molar-refractivity contribution in [3.05, 3.63) is 82.6 Å². The second-order valence-electron chi connectivity index (χ2n) is 7.02. The molecule has 0 unspecified atom stereocenters. The third-order valence-corrected chi connectivity index (χ3v) is 5.85. The van der Waals surface area contributed by atoms with Gasteiger partial charge in [-0.1, -0.05) is 6.07 Å². The highest BCUT2D eigenvalue weighted by Gasteiger charge is 2.18. The number of fused-ring (bicyclic) bond motifs is 1. The molecule has 0 saturated carbocycles. The van der Waals surface area contributed by atoms with Crippen molar-refractivity contribution in [2.24, 2.45) is 0 Å². The van der Waals surface area contributed by atoms with Gasteiger partial charge in [-0.05, 0) is 48.7 Å². The molecule has 4 rings (SSSR count). The van der Waals surface area contributed by atoms with Gasteiger partial charge in [0.2, 0.25) is 0 Å². The molecule has 0 spiro atoms. The van der Waals surface area contributed by atoms with E-state index in [1.807, 2.05) is 5.38 Å². The maximum Gasteiger partial charge on any atom is 0.341 e. The minimum Gasteiger partial charge on any atom is -0.489 e. The summed E-state index contributed by atoms with van der Waals surface area (Å²) in [5.41, 5.74) is 8.09. The van der Waals surface area contributed by atoms with E-state index < -0.39 is 11.8 Å². The first kappa shape index (κ1) is 22.2. The minimum absolute atomic E-state index is 0.188. The lowest BCUT2D eigenvalue weighted by Crippen LogP contribution is -2.11. The third kappa shape index (κ3) is 4.93. The molecule has 2 heterocycles. The number of esters is 1. The number of nitrogen functional groups attached to an aromatic ring is 1. The quantitative estimate of drug-likeness (QED) is 0.371. The van der Waals surface area contributed by atoms with Crippen molar-refractivity contribution in [1.29, 1.82) is 0 Å². The summed E-state index contributed by atoms with van der Waals surface area (Å²) in [7, 11) is 0. The van der Waals surface area contributed by atoms with Gasteiger partial charge in [-0.2, -0.15) is 0 Å². The predicted molar refractivity (Wildman–Crippen MR) is 125 cm³/mol. The zero-order valence-corrected chi connectivity index (χ0v) is 18.4. The summed E-state index contributed by atoms with van der Waals surface area (Å²) in [6, 6.07) is 12.2. The SMILES string of the molecule is CCOC(=O)c1cnc(N)c2c(COc3cccc(NC(=O)c4ccc(F)cc4)c3)csc12. The number of anilines is 2. The van der Waals surface area contributed by atoms with Gasteiger partial charge in [0.15, 0.2) is 0 Å². The molecule has 4 aromatic rings. The fourth-order valence-corrected chi connectivity index (χ4v) is 4.28. The smallest absolute Gasteiger partial charge is 0.341 e. The molecule has 0 aliphatic heterocycles. The highest BCUT2D eigenvalue weighted by molar-refractivity contribution is 7.17. The molecular formula is C24H20FN3O4S. The summed E-state index contributed by atoms with van der Waals surface area (Å²) in [5, 5.41) is 5.29. The van der Waals surface area contributed by atoms with Gasteiger partial charge < -0.3 is 20.5 Å². The summed E-state index contributed by atoms with van der Waals surface area (Å²) in [5.74, 6) is -0.388. The molecule has 2 aromatic carbocycles. The van der Waals surface area contributed by atoms with Crippen molar-refractivity contribution in [3.63, 3.8) is 0 Å². The van der Waals surface area contributed by atoms with Gasteiger partial charge in [-0.15, -0.1) is 11.3 Å². The molecule has 168 valence electrons. The number of hydrogen-bond acceptors (Lipinski definition) is 7. The van der Waals surface area contributed by atoms with Gasteiger partial charge in [-0.25, -0.2) is 14.2 Å². The van der Waals surface area contributed by atoms with Crippen LogP contribution in [-0.2, 0) is 11.3 Å². The van der Waals surface area contributed by atoms with Crippen molar-refractivity contribution >= 4 is 44.8 Å². The van der Waals surface area contributed by atoms with E-state index in [0.717, 1.165) is 5.56 Å². The largest absolute Gasteiger partial charge is 0.489 e. The minimum atomic E-state index is -0.450. The average molecular weight is 466 g/mol. The van der Waals surface area contributed by atoms with Crippen molar-refractivity contribution in [2.45, 2.75) is 13.5 Å². The Bertz CT molecular complexity index is 1320. The highest BCUT2D eigenvalue weighted by atomic mass is 32.1. The Morgan fingerprint density at radius 1 is 1.18 bits per heavy atom. The Hall–Kier alpha value is -3.98. The Kier molecular flexibility index (Phi) is 6.50. The molecule has 0 radical (unpaired) electrons. The maximum absolute atomic E-state index is 13.1. The molecule has 0 saturated heterocycles. The zero-order valence-electron chi connectivity index (χ0n) is 17.6. The summed E-state index contributed by atoms with van der Waals surface area (Å²) in [4.78, 5) is 28.7. The number of nitrogens with zero attached hydrogens (tertiary/aromatic N) is 1. The van der Waals surface area contributed by atoms with Crippen LogP contribution in [-0.4, -0.2) is 23.5 Å². The lowest BCUT2D eigenvalue weighted by molar-refractivity contribution is 0.0528. The topological polar surface area (TPSA) is 104 Å². The van der Waals surface area contributed by atoms with Crippen LogP contribution in [0.2, 0.25) is 0 Å². The van der Waals surface area contributed by atoms with Crippen LogP contribution in [0.4, 0.5) is 15.9 Å². The standard InChI is InChI=1S/C24H20FN3O4S/c1-2-31-24(30)19-11-27-22(26)20-15(13-33-21(19)20)12-32-18-5-3-4-17(10-18)28-23(29)14-6-8-16(25)9-7-14/h3-11,13H,2,12H2,1H3,(H2,26,27)(H,28,29). The number of amides is 1. The van der Waals surface area contributed by atoms with Gasteiger partial charge in [0.1, 0.15) is 24.0 Å². The first-order valence-corrected chi connectivity index (χ1v) is 11.0. The molecule has 0 aliphatic carbocycles. The fraction of sp³-hybridized carbons (Fsp3) is 0.125. The van der Waals surface area contributed by atoms with E-state index in [0.29, 0.717) is 38.5 Å². The van der Waals surface area contributed by atoms with Crippen LogP contribution >= 0.6 is 11.3 Å². The molecule has 2 aromatic heterocycles. The predicted octanol–water partition coefficient (Wildman–Crippen LogP) is 5.03. The lowest BCUT2D eigenvalue weighted by Gasteiger charge is -2.10. The Morgan fingerprint density at radius 3 is 2.73 bits per heavy atom. The number of hydrogen-bond donors (Lipinski definition) is 2. The van der Waals surface area contributed by atoms with Crippen LogP contribution in [0.1, 0.15) is 33.2 Å². The zero-order chi connectivity index (χ0) is 23.4. The summed E-state index contributed by atoms with van der Waals surface area (Å²) in [6.07, 6.45) is 1.42. The van der Waals surface area contributed by atoms with E-state index in [-0.39, 0.29) is 19.1 Å². The molecule has 33 heavy (non-hydrogen) atoms. The summed E-state index contributed by atoms with van der Waals surface area (Å²) >= 11 is 1.37. The lowest BCUT2D eigenvalue weighted by atomic mass is 10.1. The van der Waals surface area contributed by atoms with Gasteiger partial charge in [0.05, 0.1) is 16.9 Å². The molecule has 0 aliphatic rings. The molecule has 1 amide bonds. The number of pyridine rings is 1. The first-order valence-electron chi connectivity index (χ1n) is 10.1. The van der Waals surface area contributed by atoms with Crippen molar-refractivity contribution < 1.29 is 23.5 Å². The van der Waals surface area contributed by atoms with E-state index in [9.17, 15) is 14.0 Å². The van der Waals surface area contributed by atoms with E-state index in [1.54, 1.807) is 31.2 Å².